The van der Waals surface area contributed by atoms with Crippen LogP contribution in [0.5, 0.6) is 17.2 Å². The summed E-state index contributed by atoms with van der Waals surface area (Å²) in [7, 11) is 4.52. The Hall–Kier alpha value is -3.48. The SMILES string of the molecule is COc1cc(NC(=O)c2cc(-c3ccccc3)no2)cc(OC)c1OC. The van der Waals surface area contributed by atoms with E-state index in [1.54, 1.807) is 18.2 Å². The Kier molecular flexibility index (Phi) is 5.07. The highest BCUT2D eigenvalue weighted by atomic mass is 16.5. The lowest BCUT2D eigenvalue weighted by Crippen LogP contribution is -2.11. The summed E-state index contributed by atoms with van der Waals surface area (Å²) in [5.74, 6) is 0.972. The number of anilines is 1. The van der Waals surface area contributed by atoms with E-state index >= 15 is 0 Å². The first-order valence-electron chi connectivity index (χ1n) is 7.79. The van der Waals surface area contributed by atoms with Gasteiger partial charge in [-0.25, -0.2) is 0 Å². The van der Waals surface area contributed by atoms with Crippen molar-refractivity contribution in [2.75, 3.05) is 26.6 Å². The maximum absolute atomic E-state index is 12.5. The molecule has 0 saturated heterocycles. The molecule has 0 spiro atoms. The van der Waals surface area contributed by atoms with E-state index in [4.69, 9.17) is 18.7 Å². The van der Waals surface area contributed by atoms with Crippen molar-refractivity contribution in [3.63, 3.8) is 0 Å². The van der Waals surface area contributed by atoms with Crippen molar-refractivity contribution in [2.24, 2.45) is 0 Å². The van der Waals surface area contributed by atoms with Crippen LogP contribution in [0.15, 0.2) is 53.1 Å². The molecule has 0 aliphatic heterocycles. The lowest BCUT2D eigenvalue weighted by Gasteiger charge is -2.14. The van der Waals surface area contributed by atoms with Gasteiger partial charge in [-0.2, -0.15) is 0 Å². The molecule has 0 aliphatic rings. The molecular formula is C19H18N2O5. The number of hydrogen-bond acceptors (Lipinski definition) is 6. The molecule has 2 aromatic carbocycles. The third kappa shape index (κ3) is 3.46. The second-order valence-electron chi connectivity index (χ2n) is 5.31. The van der Waals surface area contributed by atoms with Gasteiger partial charge in [0.2, 0.25) is 11.5 Å². The van der Waals surface area contributed by atoms with Crippen molar-refractivity contribution in [3.05, 3.63) is 54.3 Å². The van der Waals surface area contributed by atoms with Crippen LogP contribution in [0.1, 0.15) is 10.6 Å². The van der Waals surface area contributed by atoms with Gasteiger partial charge < -0.3 is 24.1 Å². The summed E-state index contributed by atoms with van der Waals surface area (Å²) >= 11 is 0. The van der Waals surface area contributed by atoms with E-state index in [0.29, 0.717) is 28.6 Å². The zero-order valence-electron chi connectivity index (χ0n) is 14.6. The fourth-order valence-corrected chi connectivity index (χ4v) is 2.47. The van der Waals surface area contributed by atoms with Crippen molar-refractivity contribution in [1.82, 2.24) is 5.16 Å². The quantitative estimate of drug-likeness (QED) is 0.728. The number of carbonyl (C=O) groups excluding carboxylic acids is 1. The van der Waals surface area contributed by atoms with Crippen LogP contribution in [0.2, 0.25) is 0 Å². The largest absolute Gasteiger partial charge is 0.493 e. The van der Waals surface area contributed by atoms with E-state index in [2.05, 4.69) is 10.5 Å². The monoisotopic (exact) mass is 354 g/mol. The maximum Gasteiger partial charge on any atom is 0.294 e. The van der Waals surface area contributed by atoms with Crippen molar-refractivity contribution >= 4 is 11.6 Å². The maximum atomic E-state index is 12.5. The van der Waals surface area contributed by atoms with Crippen LogP contribution in [0.3, 0.4) is 0 Å². The first-order valence-corrected chi connectivity index (χ1v) is 7.79. The summed E-state index contributed by atoms with van der Waals surface area (Å²) in [6.07, 6.45) is 0. The second kappa shape index (κ2) is 7.60. The number of benzene rings is 2. The summed E-state index contributed by atoms with van der Waals surface area (Å²) < 4.78 is 21.0. The minimum Gasteiger partial charge on any atom is -0.493 e. The lowest BCUT2D eigenvalue weighted by molar-refractivity contribution is 0.0988. The average Bonchev–Trinajstić information content (AvgIpc) is 3.18. The Bertz CT molecular complexity index is 880. The number of hydrogen-bond donors (Lipinski definition) is 1. The van der Waals surface area contributed by atoms with Crippen LogP contribution >= 0.6 is 0 Å². The molecule has 1 N–H and O–H groups in total. The Balaban J connectivity index is 1.83. The number of amides is 1. The molecule has 0 radical (unpaired) electrons. The molecule has 26 heavy (non-hydrogen) atoms. The molecule has 1 heterocycles. The van der Waals surface area contributed by atoms with Gasteiger partial charge in [0.05, 0.1) is 21.3 Å². The summed E-state index contributed by atoms with van der Waals surface area (Å²) in [6.45, 7) is 0. The highest BCUT2D eigenvalue weighted by molar-refractivity contribution is 6.03. The average molecular weight is 354 g/mol. The zero-order valence-corrected chi connectivity index (χ0v) is 14.6. The van der Waals surface area contributed by atoms with Crippen LogP contribution in [-0.2, 0) is 0 Å². The van der Waals surface area contributed by atoms with Gasteiger partial charge in [0.1, 0.15) is 5.69 Å². The first-order chi connectivity index (χ1) is 12.7. The molecule has 3 rings (SSSR count). The van der Waals surface area contributed by atoms with E-state index in [1.807, 2.05) is 30.3 Å². The Morgan fingerprint density at radius 1 is 0.962 bits per heavy atom. The molecule has 1 amide bonds. The molecule has 7 nitrogen and oxygen atoms in total. The van der Waals surface area contributed by atoms with Crippen LogP contribution in [0, 0.1) is 0 Å². The van der Waals surface area contributed by atoms with Gasteiger partial charge in [0.25, 0.3) is 5.91 Å². The predicted octanol–water partition coefficient (Wildman–Crippen LogP) is 3.62. The molecule has 0 fully saturated rings. The van der Waals surface area contributed by atoms with Crippen LogP contribution in [0.25, 0.3) is 11.3 Å². The molecule has 3 aromatic rings. The van der Waals surface area contributed by atoms with Crippen molar-refractivity contribution < 1.29 is 23.5 Å². The van der Waals surface area contributed by atoms with Crippen LogP contribution in [0.4, 0.5) is 5.69 Å². The van der Waals surface area contributed by atoms with Crippen molar-refractivity contribution in [2.45, 2.75) is 0 Å². The van der Waals surface area contributed by atoms with Gasteiger partial charge in [-0.15, -0.1) is 0 Å². The number of aromatic nitrogens is 1. The normalized spacial score (nSPS) is 10.3. The third-order valence-electron chi connectivity index (χ3n) is 3.73. The minimum atomic E-state index is -0.436. The van der Waals surface area contributed by atoms with E-state index in [0.717, 1.165) is 5.56 Å². The van der Waals surface area contributed by atoms with Crippen LogP contribution < -0.4 is 19.5 Å². The summed E-state index contributed by atoms with van der Waals surface area (Å²) in [5.41, 5.74) is 1.92. The zero-order chi connectivity index (χ0) is 18.5. The lowest BCUT2D eigenvalue weighted by atomic mass is 10.1. The number of ether oxygens (including phenoxy) is 3. The molecule has 0 aliphatic carbocycles. The number of methoxy groups -OCH3 is 3. The second-order valence-corrected chi connectivity index (χ2v) is 5.31. The highest BCUT2D eigenvalue weighted by Gasteiger charge is 2.18. The number of nitrogens with zero attached hydrogens (tertiary/aromatic N) is 1. The highest BCUT2D eigenvalue weighted by Crippen LogP contribution is 2.40. The fraction of sp³-hybridized carbons (Fsp3) is 0.158. The molecule has 134 valence electrons. The molecule has 0 bridgehead atoms. The molecule has 0 unspecified atom stereocenters. The topological polar surface area (TPSA) is 82.8 Å². The molecular weight excluding hydrogens is 336 g/mol. The smallest absolute Gasteiger partial charge is 0.294 e. The van der Waals surface area contributed by atoms with Gasteiger partial charge in [0.15, 0.2) is 11.5 Å². The summed E-state index contributed by atoms with van der Waals surface area (Å²) in [5, 5.41) is 6.67. The number of nitrogens with one attached hydrogen (secondary N) is 1. The van der Waals surface area contributed by atoms with Crippen molar-refractivity contribution in [1.29, 1.82) is 0 Å². The van der Waals surface area contributed by atoms with E-state index in [1.165, 1.54) is 21.3 Å². The standard InChI is InChI=1S/C19H18N2O5/c1-23-15-9-13(10-16(24-2)18(15)25-3)20-19(22)17-11-14(21-26-17)12-7-5-4-6-8-12/h4-11H,1-3H3,(H,20,22). The van der Waals surface area contributed by atoms with Crippen molar-refractivity contribution in [3.8, 4) is 28.5 Å². The fourth-order valence-electron chi connectivity index (χ4n) is 2.47. The minimum absolute atomic E-state index is 0.0950. The van der Waals surface area contributed by atoms with Gasteiger partial charge in [-0.3, -0.25) is 4.79 Å². The molecule has 1 aromatic heterocycles. The molecule has 0 saturated carbocycles. The van der Waals surface area contributed by atoms with E-state index in [-0.39, 0.29) is 5.76 Å². The van der Waals surface area contributed by atoms with Crippen LogP contribution in [-0.4, -0.2) is 32.4 Å². The Morgan fingerprint density at radius 2 is 1.62 bits per heavy atom. The van der Waals surface area contributed by atoms with Gasteiger partial charge in [-0.05, 0) is 0 Å². The Labute approximate surface area is 150 Å². The molecule has 7 heteroatoms. The van der Waals surface area contributed by atoms with E-state index < -0.39 is 5.91 Å². The van der Waals surface area contributed by atoms with Gasteiger partial charge in [0, 0.05) is 29.4 Å². The van der Waals surface area contributed by atoms with Gasteiger partial charge >= 0.3 is 0 Å². The number of rotatable bonds is 6. The molecule has 0 atom stereocenters. The first kappa shape index (κ1) is 17.3. The number of carbonyl (C=O) groups is 1. The Morgan fingerprint density at radius 3 is 2.19 bits per heavy atom. The van der Waals surface area contributed by atoms with Gasteiger partial charge in [-0.1, -0.05) is 35.5 Å². The summed E-state index contributed by atoms with van der Waals surface area (Å²) in [4.78, 5) is 12.5. The summed E-state index contributed by atoms with van der Waals surface area (Å²) in [6, 6.07) is 14.3. The predicted molar refractivity (Wildman–Crippen MR) is 96.0 cm³/mol. The third-order valence-corrected chi connectivity index (χ3v) is 3.73. The van der Waals surface area contributed by atoms with E-state index in [9.17, 15) is 4.79 Å².